The number of carboxylic acid groups (broad SMARTS) is 1. The summed E-state index contributed by atoms with van der Waals surface area (Å²) in [6.07, 6.45) is 71.4. The summed E-state index contributed by atoms with van der Waals surface area (Å²) in [5, 5.41) is 9.68. The van der Waals surface area contributed by atoms with Crippen molar-refractivity contribution < 1.29 is 42.9 Å². The number of quaternary nitrogens is 1. The number of aliphatic carboxylic acids is 1. The first-order chi connectivity index (χ1) is 37.1. The van der Waals surface area contributed by atoms with Gasteiger partial charge in [-0.1, -0.05) is 300 Å². The maximum absolute atomic E-state index is 12.8. The van der Waals surface area contributed by atoms with Crippen LogP contribution in [-0.4, -0.2) is 87.4 Å². The minimum Gasteiger partial charge on any atom is -0.477 e. The van der Waals surface area contributed by atoms with E-state index in [4.69, 9.17) is 18.9 Å². The van der Waals surface area contributed by atoms with Crippen LogP contribution in [0.3, 0.4) is 0 Å². The quantitative estimate of drug-likeness (QED) is 0.0211. The molecule has 0 aliphatic carbocycles. The average Bonchev–Trinajstić information content (AvgIpc) is 3.39. The molecule has 0 aromatic heterocycles. The summed E-state index contributed by atoms with van der Waals surface area (Å²) in [6.45, 7) is 4.71. The van der Waals surface area contributed by atoms with E-state index in [1.807, 2.05) is 33.3 Å². The van der Waals surface area contributed by atoms with Gasteiger partial charge in [-0.15, -0.1) is 0 Å². The normalized spacial score (nSPS) is 13.0. The fourth-order valence-electron chi connectivity index (χ4n) is 9.44. The molecule has 76 heavy (non-hydrogen) atoms. The number of nitrogens with zero attached hydrogens (tertiary/aromatic N) is 1. The summed E-state index contributed by atoms with van der Waals surface area (Å²) in [5.41, 5.74) is 0. The van der Waals surface area contributed by atoms with Crippen molar-refractivity contribution in [3.63, 3.8) is 0 Å². The largest absolute Gasteiger partial charge is 0.477 e. The maximum Gasteiger partial charge on any atom is 0.361 e. The molecule has 2 atom stereocenters. The number of unbranched alkanes of at least 4 members (excludes halogenated alkanes) is 37. The second kappa shape index (κ2) is 58.4. The number of carbonyl (C=O) groups excluding carboxylic acids is 2. The number of carboxylic acids is 1. The molecule has 2 unspecified atom stereocenters. The SMILES string of the molecule is CC/C=C\C/C=C\C/C=C\C/C=C\CCC(=O)OC(COC(=O)CCCCCCCCCCCCCCCCCCCCCCCCCCCCCCCCCCCCCCCC)COC(OCC[N+](C)(C)C)C(=O)O. The zero-order valence-corrected chi connectivity index (χ0v) is 50.7. The van der Waals surface area contributed by atoms with Crippen LogP contribution in [0.25, 0.3) is 0 Å². The van der Waals surface area contributed by atoms with E-state index in [0.29, 0.717) is 23.9 Å². The summed E-state index contributed by atoms with van der Waals surface area (Å²) in [5.74, 6) is -2.10. The molecule has 0 bridgehead atoms. The molecular weight excluding hydrogens is 947 g/mol. The van der Waals surface area contributed by atoms with Crippen molar-refractivity contribution in [3.8, 4) is 0 Å². The molecule has 0 saturated carbocycles. The Balaban J connectivity index is 3.92. The van der Waals surface area contributed by atoms with Gasteiger partial charge in [0.25, 0.3) is 6.29 Å². The van der Waals surface area contributed by atoms with Gasteiger partial charge in [0, 0.05) is 12.8 Å². The molecule has 1 N–H and O–H groups in total. The van der Waals surface area contributed by atoms with Crippen molar-refractivity contribution in [1.29, 1.82) is 0 Å². The van der Waals surface area contributed by atoms with E-state index in [1.165, 1.54) is 225 Å². The first-order valence-corrected chi connectivity index (χ1v) is 32.3. The first-order valence-electron chi connectivity index (χ1n) is 32.3. The minimum absolute atomic E-state index is 0.140. The van der Waals surface area contributed by atoms with E-state index in [1.54, 1.807) is 0 Å². The molecule has 0 rings (SSSR count). The highest BCUT2D eigenvalue weighted by atomic mass is 16.7. The van der Waals surface area contributed by atoms with Crippen LogP contribution in [0.5, 0.6) is 0 Å². The Morgan fingerprint density at radius 1 is 0.408 bits per heavy atom. The Hall–Kier alpha value is -2.75. The summed E-state index contributed by atoms with van der Waals surface area (Å²) in [7, 11) is 5.95. The molecule has 0 heterocycles. The molecule has 0 aliphatic heterocycles. The Bertz CT molecular complexity index is 1380. The van der Waals surface area contributed by atoms with Gasteiger partial charge in [0.1, 0.15) is 13.2 Å². The van der Waals surface area contributed by atoms with Crippen LogP contribution in [0.1, 0.15) is 303 Å². The van der Waals surface area contributed by atoms with E-state index in [2.05, 4.69) is 50.3 Å². The molecular formula is C67H124NO8+. The van der Waals surface area contributed by atoms with E-state index >= 15 is 0 Å². The molecule has 9 heteroatoms. The number of ether oxygens (including phenoxy) is 4. The van der Waals surface area contributed by atoms with Crippen molar-refractivity contribution in [3.05, 3.63) is 48.6 Å². The number of likely N-dealkylation sites (N-methyl/N-ethyl adjacent to an activating group) is 1. The van der Waals surface area contributed by atoms with Crippen molar-refractivity contribution in [2.75, 3.05) is 47.5 Å². The van der Waals surface area contributed by atoms with Crippen LogP contribution < -0.4 is 0 Å². The highest BCUT2D eigenvalue weighted by Crippen LogP contribution is 2.18. The second-order valence-electron chi connectivity index (χ2n) is 23.1. The third kappa shape index (κ3) is 58.9. The lowest BCUT2D eigenvalue weighted by atomic mass is 10.0. The van der Waals surface area contributed by atoms with Crippen LogP contribution in [0.15, 0.2) is 48.6 Å². The van der Waals surface area contributed by atoms with Gasteiger partial charge in [-0.2, -0.15) is 0 Å². The lowest BCUT2D eigenvalue weighted by Crippen LogP contribution is -2.40. The zero-order chi connectivity index (χ0) is 55.5. The summed E-state index contributed by atoms with van der Waals surface area (Å²) in [4.78, 5) is 37.3. The lowest BCUT2D eigenvalue weighted by molar-refractivity contribution is -0.870. The van der Waals surface area contributed by atoms with E-state index in [-0.39, 0.29) is 32.2 Å². The molecule has 0 saturated heterocycles. The Labute approximate surface area is 470 Å². The van der Waals surface area contributed by atoms with E-state index in [9.17, 15) is 19.5 Å². The molecule has 0 aromatic carbocycles. The number of allylic oxidation sites excluding steroid dienone is 8. The Morgan fingerprint density at radius 2 is 0.750 bits per heavy atom. The van der Waals surface area contributed by atoms with Crippen molar-refractivity contribution >= 4 is 17.9 Å². The smallest absolute Gasteiger partial charge is 0.361 e. The molecule has 0 fully saturated rings. The molecule has 0 aromatic rings. The lowest BCUT2D eigenvalue weighted by Gasteiger charge is -2.25. The Morgan fingerprint density at radius 3 is 1.09 bits per heavy atom. The summed E-state index contributed by atoms with van der Waals surface area (Å²) >= 11 is 0. The van der Waals surface area contributed by atoms with Crippen molar-refractivity contribution in [2.45, 2.75) is 315 Å². The van der Waals surface area contributed by atoms with Crippen molar-refractivity contribution in [1.82, 2.24) is 0 Å². The number of hydrogen-bond donors (Lipinski definition) is 1. The third-order valence-corrected chi connectivity index (χ3v) is 14.4. The van der Waals surface area contributed by atoms with Crippen LogP contribution in [-0.2, 0) is 33.3 Å². The van der Waals surface area contributed by atoms with Crippen LogP contribution >= 0.6 is 0 Å². The van der Waals surface area contributed by atoms with Gasteiger partial charge in [-0.25, -0.2) is 4.79 Å². The number of esters is 2. The topological polar surface area (TPSA) is 108 Å². The van der Waals surface area contributed by atoms with Crippen LogP contribution in [0, 0.1) is 0 Å². The highest BCUT2D eigenvalue weighted by Gasteiger charge is 2.25. The standard InChI is InChI=1S/C67H123NO8/c1-6-8-10-12-14-16-18-20-21-22-23-24-25-26-27-28-29-30-31-32-33-34-35-36-37-38-39-40-41-42-43-44-46-47-49-51-53-55-57-64(69)74-61-63(62-75-67(66(71)72)73-60-59-68(3,4)5)76-65(70)58-56-54-52-50-48-45-19-17-15-13-11-9-7-2/h9,11,15,17,45,48,52,54,63,67H,6-8,10,12-14,16,18-44,46-47,49-51,53,55-62H2,1-5H3/p+1/b11-9-,17-15-,48-45-,54-52-. The number of carbonyl (C=O) groups is 3. The first kappa shape index (κ1) is 73.2. The van der Waals surface area contributed by atoms with Gasteiger partial charge in [0.2, 0.25) is 0 Å². The van der Waals surface area contributed by atoms with Crippen LogP contribution in [0.4, 0.5) is 0 Å². The van der Waals surface area contributed by atoms with Gasteiger partial charge in [0.15, 0.2) is 6.10 Å². The van der Waals surface area contributed by atoms with Gasteiger partial charge >= 0.3 is 17.9 Å². The van der Waals surface area contributed by atoms with E-state index in [0.717, 1.165) is 44.9 Å². The molecule has 0 aliphatic rings. The Kier molecular flexibility index (Phi) is 56.3. The van der Waals surface area contributed by atoms with Gasteiger partial charge < -0.3 is 28.5 Å². The van der Waals surface area contributed by atoms with Gasteiger partial charge in [0.05, 0.1) is 34.4 Å². The van der Waals surface area contributed by atoms with Crippen LogP contribution in [0.2, 0.25) is 0 Å². The molecule has 0 radical (unpaired) electrons. The molecule has 9 nitrogen and oxygen atoms in total. The predicted octanol–water partition coefficient (Wildman–Crippen LogP) is 19.4. The third-order valence-electron chi connectivity index (χ3n) is 14.4. The van der Waals surface area contributed by atoms with Crippen molar-refractivity contribution in [2.24, 2.45) is 0 Å². The maximum atomic E-state index is 12.8. The summed E-state index contributed by atoms with van der Waals surface area (Å²) in [6, 6.07) is 0. The number of hydrogen-bond acceptors (Lipinski definition) is 7. The predicted molar refractivity (Wildman–Crippen MR) is 323 cm³/mol. The monoisotopic (exact) mass is 1070 g/mol. The highest BCUT2D eigenvalue weighted by molar-refractivity contribution is 5.71. The average molecular weight is 1070 g/mol. The fourth-order valence-corrected chi connectivity index (χ4v) is 9.44. The summed E-state index contributed by atoms with van der Waals surface area (Å²) < 4.78 is 22.7. The molecule has 0 amide bonds. The molecule has 0 spiro atoms. The zero-order valence-electron chi connectivity index (χ0n) is 50.7. The van der Waals surface area contributed by atoms with E-state index < -0.39 is 24.3 Å². The number of rotatable bonds is 60. The minimum atomic E-state index is -1.53. The fraction of sp³-hybridized carbons (Fsp3) is 0.836. The second-order valence-corrected chi connectivity index (χ2v) is 23.1. The van der Waals surface area contributed by atoms with Gasteiger partial charge in [-0.05, 0) is 38.5 Å². The molecule has 444 valence electrons. The van der Waals surface area contributed by atoms with Gasteiger partial charge in [-0.3, -0.25) is 9.59 Å².